The number of fused-ring (bicyclic) bond motifs is 1. The Kier molecular flexibility index (Phi) is 3.83. The van der Waals surface area contributed by atoms with E-state index in [-0.39, 0.29) is 17.6 Å². The number of Topliss-reactive ketones (excluding diaryl/α,β-unsaturated/α-hetero) is 1. The first-order valence-corrected chi connectivity index (χ1v) is 7.12. The molecule has 0 aliphatic carbocycles. The summed E-state index contributed by atoms with van der Waals surface area (Å²) in [6.45, 7) is 5.33. The standard InChI is InChI=1S/C15H20FN3O/c1-11(20)15-8-14-10-18(6-7-19(14)17-15)9-12-2-4-13(16)5-3-12/h2-5,14-15,17H,6-10H2,1H3. The van der Waals surface area contributed by atoms with Crippen molar-refractivity contribution in [3.8, 4) is 0 Å². The Hall–Kier alpha value is -1.30. The fraction of sp³-hybridized carbons (Fsp3) is 0.533. The van der Waals surface area contributed by atoms with E-state index in [1.807, 2.05) is 12.1 Å². The summed E-state index contributed by atoms with van der Waals surface area (Å²) in [4.78, 5) is 13.8. The van der Waals surface area contributed by atoms with Gasteiger partial charge in [-0.15, -0.1) is 0 Å². The molecule has 2 heterocycles. The molecule has 2 atom stereocenters. The molecule has 1 aromatic rings. The van der Waals surface area contributed by atoms with Crippen molar-refractivity contribution in [2.45, 2.75) is 32.0 Å². The Morgan fingerprint density at radius 1 is 1.35 bits per heavy atom. The monoisotopic (exact) mass is 277 g/mol. The van der Waals surface area contributed by atoms with Crippen LogP contribution in [0.15, 0.2) is 24.3 Å². The van der Waals surface area contributed by atoms with Gasteiger partial charge >= 0.3 is 0 Å². The van der Waals surface area contributed by atoms with E-state index in [4.69, 9.17) is 0 Å². The lowest BCUT2D eigenvalue weighted by Gasteiger charge is -2.36. The topological polar surface area (TPSA) is 35.6 Å². The molecule has 2 aliphatic rings. The van der Waals surface area contributed by atoms with Gasteiger partial charge in [-0.2, -0.15) is 0 Å². The highest BCUT2D eigenvalue weighted by Gasteiger charge is 2.37. The van der Waals surface area contributed by atoms with E-state index >= 15 is 0 Å². The maximum absolute atomic E-state index is 12.9. The quantitative estimate of drug-likeness (QED) is 0.900. The second kappa shape index (κ2) is 5.60. The molecule has 5 heteroatoms. The molecule has 0 aromatic heterocycles. The van der Waals surface area contributed by atoms with Gasteiger partial charge in [0, 0.05) is 32.2 Å². The van der Waals surface area contributed by atoms with Crippen LogP contribution in [0.2, 0.25) is 0 Å². The lowest BCUT2D eigenvalue weighted by atomic mass is 10.0. The highest BCUT2D eigenvalue weighted by atomic mass is 19.1. The largest absolute Gasteiger partial charge is 0.298 e. The fourth-order valence-electron chi connectivity index (χ4n) is 3.06. The van der Waals surface area contributed by atoms with E-state index in [1.54, 1.807) is 6.92 Å². The van der Waals surface area contributed by atoms with E-state index in [0.717, 1.165) is 38.2 Å². The van der Waals surface area contributed by atoms with Crippen LogP contribution in [0.25, 0.3) is 0 Å². The van der Waals surface area contributed by atoms with E-state index in [1.165, 1.54) is 12.1 Å². The number of nitrogens with zero attached hydrogens (tertiary/aromatic N) is 2. The molecule has 2 unspecified atom stereocenters. The third kappa shape index (κ3) is 2.90. The Labute approximate surface area is 118 Å². The predicted molar refractivity (Wildman–Crippen MR) is 74.4 cm³/mol. The van der Waals surface area contributed by atoms with Crippen molar-refractivity contribution in [1.82, 2.24) is 15.3 Å². The highest BCUT2D eigenvalue weighted by molar-refractivity contribution is 5.81. The summed E-state index contributed by atoms with van der Waals surface area (Å²) in [5, 5.41) is 2.20. The third-order valence-electron chi connectivity index (χ3n) is 4.21. The van der Waals surface area contributed by atoms with Gasteiger partial charge in [0.1, 0.15) is 11.6 Å². The van der Waals surface area contributed by atoms with Crippen molar-refractivity contribution in [3.05, 3.63) is 35.6 Å². The van der Waals surface area contributed by atoms with Gasteiger partial charge in [-0.1, -0.05) is 12.1 Å². The van der Waals surface area contributed by atoms with Crippen LogP contribution in [0, 0.1) is 5.82 Å². The Balaban J connectivity index is 1.59. The average Bonchev–Trinajstić information content (AvgIpc) is 2.85. The molecule has 1 N–H and O–H groups in total. The minimum Gasteiger partial charge on any atom is -0.298 e. The summed E-state index contributed by atoms with van der Waals surface area (Å²) in [7, 11) is 0. The predicted octanol–water partition coefficient (Wildman–Crippen LogP) is 1.18. The summed E-state index contributed by atoms with van der Waals surface area (Å²) in [6, 6.07) is 7.08. The van der Waals surface area contributed by atoms with Crippen molar-refractivity contribution in [2.75, 3.05) is 19.6 Å². The van der Waals surface area contributed by atoms with Crippen LogP contribution in [-0.4, -0.2) is 47.4 Å². The second-order valence-corrected chi connectivity index (χ2v) is 5.74. The maximum atomic E-state index is 12.9. The van der Waals surface area contributed by atoms with E-state index in [9.17, 15) is 9.18 Å². The summed E-state index contributed by atoms with van der Waals surface area (Å²) >= 11 is 0. The molecular formula is C15H20FN3O. The molecule has 4 nitrogen and oxygen atoms in total. The van der Waals surface area contributed by atoms with Crippen LogP contribution in [0.4, 0.5) is 4.39 Å². The van der Waals surface area contributed by atoms with Gasteiger partial charge in [0.15, 0.2) is 0 Å². The van der Waals surface area contributed by atoms with Crippen LogP contribution in [0.3, 0.4) is 0 Å². The number of hydrogen-bond donors (Lipinski definition) is 1. The number of piperazine rings is 1. The summed E-state index contributed by atoms with van der Waals surface area (Å²) in [5.74, 6) is 0.0207. The first-order valence-electron chi connectivity index (χ1n) is 7.12. The minimum absolute atomic E-state index is 0.0224. The molecule has 0 radical (unpaired) electrons. The normalized spacial score (nSPS) is 27.5. The van der Waals surface area contributed by atoms with Gasteiger partial charge in [-0.25, -0.2) is 14.8 Å². The van der Waals surface area contributed by atoms with Crippen LogP contribution >= 0.6 is 0 Å². The van der Waals surface area contributed by atoms with Crippen LogP contribution in [0.5, 0.6) is 0 Å². The molecule has 2 fully saturated rings. The molecule has 1 aromatic carbocycles. The fourth-order valence-corrected chi connectivity index (χ4v) is 3.06. The molecule has 2 saturated heterocycles. The zero-order valence-corrected chi connectivity index (χ0v) is 11.7. The first-order chi connectivity index (χ1) is 9.61. The molecule has 0 amide bonds. The smallest absolute Gasteiger partial charge is 0.148 e. The number of rotatable bonds is 3. The number of halogens is 1. The maximum Gasteiger partial charge on any atom is 0.148 e. The summed E-state index contributed by atoms with van der Waals surface area (Å²) in [6.07, 6.45) is 0.884. The van der Waals surface area contributed by atoms with Crippen LogP contribution in [0.1, 0.15) is 18.9 Å². The van der Waals surface area contributed by atoms with Crippen molar-refractivity contribution >= 4 is 5.78 Å². The molecule has 0 saturated carbocycles. The molecule has 20 heavy (non-hydrogen) atoms. The zero-order chi connectivity index (χ0) is 14.1. The van der Waals surface area contributed by atoms with E-state index in [0.29, 0.717) is 6.04 Å². The number of hydrazine groups is 1. The van der Waals surface area contributed by atoms with Crippen molar-refractivity contribution in [1.29, 1.82) is 0 Å². The van der Waals surface area contributed by atoms with Crippen LogP contribution < -0.4 is 5.43 Å². The SMILES string of the molecule is CC(=O)C1CC2CN(Cc3ccc(F)cc3)CCN2N1. The average molecular weight is 277 g/mol. The summed E-state index contributed by atoms with van der Waals surface area (Å²) in [5.41, 5.74) is 4.43. The number of hydrogen-bond acceptors (Lipinski definition) is 4. The number of carbonyl (C=O) groups excluding carboxylic acids is 1. The van der Waals surface area contributed by atoms with E-state index < -0.39 is 0 Å². The van der Waals surface area contributed by atoms with Gasteiger partial charge in [-0.05, 0) is 31.0 Å². The van der Waals surface area contributed by atoms with Crippen LogP contribution in [-0.2, 0) is 11.3 Å². The molecule has 2 aliphatic heterocycles. The number of carbonyl (C=O) groups is 1. The molecule has 0 bridgehead atoms. The molecule has 3 rings (SSSR count). The van der Waals surface area contributed by atoms with Gasteiger partial charge < -0.3 is 0 Å². The third-order valence-corrected chi connectivity index (χ3v) is 4.21. The Bertz CT molecular complexity index is 490. The van der Waals surface area contributed by atoms with Gasteiger partial charge in [0.25, 0.3) is 0 Å². The lowest BCUT2D eigenvalue weighted by molar-refractivity contribution is -0.119. The molecule has 0 spiro atoms. The van der Waals surface area contributed by atoms with Gasteiger partial charge in [0.2, 0.25) is 0 Å². The zero-order valence-electron chi connectivity index (χ0n) is 11.7. The Morgan fingerprint density at radius 3 is 2.80 bits per heavy atom. The van der Waals surface area contributed by atoms with Gasteiger partial charge in [0.05, 0.1) is 6.04 Å². The van der Waals surface area contributed by atoms with Crippen molar-refractivity contribution in [3.63, 3.8) is 0 Å². The first kappa shape index (κ1) is 13.7. The lowest BCUT2D eigenvalue weighted by Crippen LogP contribution is -2.53. The number of ketones is 1. The second-order valence-electron chi connectivity index (χ2n) is 5.74. The molecule has 108 valence electrons. The highest BCUT2D eigenvalue weighted by Crippen LogP contribution is 2.21. The van der Waals surface area contributed by atoms with Crippen molar-refractivity contribution < 1.29 is 9.18 Å². The summed E-state index contributed by atoms with van der Waals surface area (Å²) < 4.78 is 12.9. The van der Waals surface area contributed by atoms with Gasteiger partial charge in [-0.3, -0.25) is 9.69 Å². The molecular weight excluding hydrogens is 257 g/mol. The Morgan fingerprint density at radius 2 is 2.10 bits per heavy atom. The van der Waals surface area contributed by atoms with Crippen molar-refractivity contribution in [2.24, 2.45) is 0 Å². The number of nitrogens with one attached hydrogen (secondary N) is 1. The minimum atomic E-state index is -0.192. The van der Waals surface area contributed by atoms with E-state index in [2.05, 4.69) is 15.3 Å². The number of benzene rings is 1.